The van der Waals surface area contributed by atoms with Gasteiger partial charge in [-0.05, 0) is 30.3 Å². The van der Waals surface area contributed by atoms with E-state index >= 15 is 0 Å². The van der Waals surface area contributed by atoms with Crippen LogP contribution in [-0.2, 0) is 16.4 Å². The van der Waals surface area contributed by atoms with Crippen LogP contribution in [0.4, 0.5) is 0 Å². The van der Waals surface area contributed by atoms with Gasteiger partial charge >= 0.3 is 0 Å². The van der Waals surface area contributed by atoms with Crippen LogP contribution in [0.15, 0.2) is 46.3 Å². The van der Waals surface area contributed by atoms with Gasteiger partial charge in [0.05, 0.1) is 35.9 Å². The summed E-state index contributed by atoms with van der Waals surface area (Å²) < 4.78 is 36.6. The van der Waals surface area contributed by atoms with Gasteiger partial charge in [0.25, 0.3) is 5.91 Å². The van der Waals surface area contributed by atoms with Crippen LogP contribution in [0.1, 0.15) is 10.4 Å². The van der Waals surface area contributed by atoms with E-state index < -0.39 is 15.7 Å². The summed E-state index contributed by atoms with van der Waals surface area (Å²) in [5.41, 5.74) is 0.887. The summed E-state index contributed by atoms with van der Waals surface area (Å²) in [7, 11) is -0.459. The molecule has 1 aromatic heterocycles. The first kappa shape index (κ1) is 20.6. The van der Waals surface area contributed by atoms with Gasteiger partial charge in [-0.25, -0.2) is 8.42 Å². The van der Waals surface area contributed by atoms with Crippen molar-refractivity contribution in [2.45, 2.75) is 11.4 Å². The second-order valence-corrected chi connectivity index (χ2v) is 9.06. The Morgan fingerprint density at radius 3 is 2.41 bits per heavy atom. The average Bonchev–Trinajstić information content (AvgIpc) is 3.03. The summed E-state index contributed by atoms with van der Waals surface area (Å²) in [5, 5.41) is 0. The number of sulfone groups is 1. The van der Waals surface area contributed by atoms with E-state index in [1.807, 2.05) is 0 Å². The van der Waals surface area contributed by atoms with Gasteiger partial charge in [0.2, 0.25) is 0 Å². The fourth-order valence-corrected chi connectivity index (χ4v) is 4.61. The zero-order valence-corrected chi connectivity index (χ0v) is 17.6. The molecule has 0 unspecified atom stereocenters. The predicted molar refractivity (Wildman–Crippen MR) is 111 cm³/mol. The number of nitrogens with zero attached hydrogens (tertiary/aromatic N) is 2. The van der Waals surface area contributed by atoms with Crippen molar-refractivity contribution in [3.8, 4) is 23.8 Å². The molecule has 2 aromatic carbocycles. The molecule has 1 heterocycles. The molecule has 0 N–H and O–H groups in total. The maximum Gasteiger partial charge on any atom is 0.287 e. The molecule has 150 valence electrons. The Morgan fingerprint density at radius 1 is 1.21 bits per heavy atom. The lowest BCUT2D eigenvalue weighted by Crippen LogP contribution is -2.17. The molecule has 7 nitrogen and oxygen atoms in total. The zero-order valence-electron chi connectivity index (χ0n) is 16.0. The number of ether oxygens (including phenoxy) is 2. The van der Waals surface area contributed by atoms with Crippen molar-refractivity contribution < 1.29 is 22.7 Å². The topological polar surface area (TPSA) is 87.0 Å². The second kappa shape index (κ2) is 8.11. The molecule has 0 saturated heterocycles. The smallest absolute Gasteiger partial charge is 0.287 e. The van der Waals surface area contributed by atoms with Crippen molar-refractivity contribution in [3.05, 3.63) is 46.8 Å². The fraction of sp³-hybridized carbons (Fsp3) is 0.200. The number of benzene rings is 2. The Kier molecular flexibility index (Phi) is 5.77. The van der Waals surface area contributed by atoms with E-state index in [0.29, 0.717) is 26.5 Å². The number of hydrogen-bond donors (Lipinski definition) is 0. The highest BCUT2D eigenvalue weighted by Crippen LogP contribution is 2.29. The Morgan fingerprint density at radius 2 is 1.86 bits per heavy atom. The summed E-state index contributed by atoms with van der Waals surface area (Å²) in [6.45, 7) is 0.174. The molecule has 29 heavy (non-hydrogen) atoms. The molecule has 3 rings (SSSR count). The lowest BCUT2D eigenvalue weighted by Gasteiger charge is -2.09. The quantitative estimate of drug-likeness (QED) is 0.581. The maximum atomic E-state index is 13.0. The van der Waals surface area contributed by atoms with Crippen LogP contribution in [0.25, 0.3) is 10.2 Å². The number of fused-ring (bicyclic) bond motifs is 1. The standard InChI is InChI=1S/C20H18N2O5S2/c1-5-11-22-14-10-9-13(29(4,24)25)12-17(14)28-20(22)21-19(23)18-15(26-2)7-6-8-16(18)27-3/h1,6-10,12H,11H2,2-4H3. The Bertz CT molecular complexity index is 1290. The lowest BCUT2D eigenvalue weighted by molar-refractivity contribution is 0.0992. The third-order valence-corrected chi connectivity index (χ3v) is 6.32. The molecule has 0 radical (unpaired) electrons. The Hall–Kier alpha value is -3.09. The highest BCUT2D eigenvalue weighted by Gasteiger charge is 2.19. The van der Waals surface area contributed by atoms with Crippen LogP contribution in [0.2, 0.25) is 0 Å². The van der Waals surface area contributed by atoms with Crippen LogP contribution >= 0.6 is 11.3 Å². The van der Waals surface area contributed by atoms with E-state index in [9.17, 15) is 13.2 Å². The summed E-state index contributed by atoms with van der Waals surface area (Å²) in [6, 6.07) is 9.71. The average molecular weight is 431 g/mol. The number of terminal acetylenes is 1. The summed E-state index contributed by atoms with van der Waals surface area (Å²) in [5.74, 6) is 2.65. The van der Waals surface area contributed by atoms with Crippen molar-refractivity contribution >= 4 is 37.3 Å². The van der Waals surface area contributed by atoms with Crippen LogP contribution < -0.4 is 14.3 Å². The van der Waals surface area contributed by atoms with E-state index in [4.69, 9.17) is 15.9 Å². The number of amides is 1. The van der Waals surface area contributed by atoms with Gasteiger partial charge in [-0.1, -0.05) is 23.3 Å². The van der Waals surface area contributed by atoms with Gasteiger partial charge < -0.3 is 14.0 Å². The van der Waals surface area contributed by atoms with E-state index in [1.165, 1.54) is 31.6 Å². The van der Waals surface area contributed by atoms with Crippen LogP contribution in [0.5, 0.6) is 11.5 Å². The molecular weight excluding hydrogens is 412 g/mol. The Balaban J connectivity index is 2.24. The van der Waals surface area contributed by atoms with E-state index in [-0.39, 0.29) is 17.0 Å². The molecule has 0 aliphatic carbocycles. The highest BCUT2D eigenvalue weighted by molar-refractivity contribution is 7.90. The van der Waals surface area contributed by atoms with Gasteiger partial charge in [-0.15, -0.1) is 6.42 Å². The van der Waals surface area contributed by atoms with Crippen molar-refractivity contribution in [3.63, 3.8) is 0 Å². The third kappa shape index (κ3) is 4.04. The van der Waals surface area contributed by atoms with Crippen molar-refractivity contribution in [2.24, 2.45) is 4.99 Å². The first-order chi connectivity index (χ1) is 13.8. The molecule has 0 aliphatic rings. The van der Waals surface area contributed by atoms with Crippen LogP contribution in [-0.4, -0.2) is 39.4 Å². The van der Waals surface area contributed by atoms with Crippen molar-refractivity contribution in [1.82, 2.24) is 4.57 Å². The number of rotatable bonds is 5. The maximum absolute atomic E-state index is 13.0. The normalized spacial score (nSPS) is 12.0. The number of hydrogen-bond acceptors (Lipinski definition) is 6. The van der Waals surface area contributed by atoms with Gasteiger partial charge in [-0.3, -0.25) is 4.79 Å². The first-order valence-electron chi connectivity index (χ1n) is 8.37. The molecule has 0 saturated carbocycles. The second-order valence-electron chi connectivity index (χ2n) is 6.03. The van der Waals surface area contributed by atoms with Crippen LogP contribution in [0, 0.1) is 12.3 Å². The predicted octanol–water partition coefficient (Wildman–Crippen LogP) is 2.50. The van der Waals surface area contributed by atoms with Gasteiger partial charge in [0.1, 0.15) is 17.1 Å². The number of carbonyl (C=O) groups excluding carboxylic acids is 1. The van der Waals surface area contributed by atoms with E-state index in [1.54, 1.807) is 34.9 Å². The molecule has 0 spiro atoms. The third-order valence-electron chi connectivity index (χ3n) is 4.17. The molecule has 9 heteroatoms. The number of aromatic nitrogens is 1. The highest BCUT2D eigenvalue weighted by atomic mass is 32.2. The first-order valence-corrected chi connectivity index (χ1v) is 11.1. The molecule has 3 aromatic rings. The Labute approximate surface area is 172 Å². The molecule has 1 amide bonds. The van der Waals surface area contributed by atoms with Gasteiger partial charge in [0, 0.05) is 6.26 Å². The van der Waals surface area contributed by atoms with Gasteiger partial charge in [-0.2, -0.15) is 4.99 Å². The van der Waals surface area contributed by atoms with Crippen LogP contribution in [0.3, 0.4) is 0 Å². The number of methoxy groups -OCH3 is 2. The molecular formula is C20H18N2O5S2. The summed E-state index contributed by atoms with van der Waals surface area (Å²) in [4.78, 5) is 17.7. The van der Waals surface area contributed by atoms with Crippen molar-refractivity contribution in [2.75, 3.05) is 20.5 Å². The number of carbonyl (C=O) groups is 1. The monoisotopic (exact) mass is 430 g/mol. The van der Waals surface area contributed by atoms with E-state index in [2.05, 4.69) is 10.9 Å². The SMILES string of the molecule is C#CCn1c(=NC(=O)c2c(OC)cccc2OC)sc2cc(S(C)(=O)=O)ccc21. The fourth-order valence-electron chi connectivity index (χ4n) is 2.82. The molecule has 0 aliphatic heterocycles. The lowest BCUT2D eigenvalue weighted by atomic mass is 10.1. The zero-order chi connectivity index (χ0) is 21.2. The minimum absolute atomic E-state index is 0.174. The van der Waals surface area contributed by atoms with Gasteiger partial charge in [0.15, 0.2) is 14.6 Å². The number of thiazole rings is 1. The molecule has 0 atom stereocenters. The molecule has 0 bridgehead atoms. The minimum Gasteiger partial charge on any atom is -0.496 e. The molecule has 0 fully saturated rings. The minimum atomic E-state index is -3.37. The summed E-state index contributed by atoms with van der Waals surface area (Å²) >= 11 is 1.18. The van der Waals surface area contributed by atoms with Crippen molar-refractivity contribution in [1.29, 1.82) is 0 Å². The van der Waals surface area contributed by atoms with E-state index in [0.717, 1.165) is 6.26 Å². The summed E-state index contributed by atoms with van der Waals surface area (Å²) in [6.07, 6.45) is 6.62. The largest absolute Gasteiger partial charge is 0.496 e.